The van der Waals surface area contributed by atoms with E-state index in [-0.39, 0.29) is 25.6 Å². The molecular formula is C74H128NO32-. The van der Waals surface area contributed by atoms with E-state index in [0.29, 0.717) is 370 Å². The van der Waals surface area contributed by atoms with E-state index in [0.717, 1.165) is 0 Å². The van der Waals surface area contributed by atoms with Gasteiger partial charge in [0.1, 0.15) is 6.61 Å². The molecule has 0 saturated carbocycles. The fourth-order valence-electron chi connectivity index (χ4n) is 9.07. The van der Waals surface area contributed by atoms with Gasteiger partial charge >= 0.3 is 6.09 Å². The molecule has 0 unspecified atom stereocenters. The summed E-state index contributed by atoms with van der Waals surface area (Å²) in [5.41, 5.74) is 4.74. The molecule has 33 nitrogen and oxygen atoms in total. The summed E-state index contributed by atoms with van der Waals surface area (Å²) in [5, 5.41) is 13.0. The molecule has 1 aliphatic carbocycles. The Morgan fingerprint density at radius 3 is 0.570 bits per heavy atom. The Morgan fingerprint density at radius 1 is 0.234 bits per heavy atom. The molecule has 1 amide bonds. The molecule has 0 aromatic heterocycles. The highest BCUT2D eigenvalue weighted by atomic mass is 16.6. The SMILES string of the molecule is O=C([O-])CCOCCOCCOCCOCCOCCOCCOCCOCCOCCOCCOCCOCCOCCOCCOCCOCCOCCOCCOCCOCCOCCOCCOCCOCCOCCOCCOCCOCCNC(=O)OCC1c2ccccc2-c2ccccc21. The van der Waals surface area contributed by atoms with Crippen LogP contribution in [0.5, 0.6) is 0 Å². The lowest BCUT2D eigenvalue weighted by atomic mass is 9.98. The molecule has 1 N–H and O–H groups in total. The first-order valence-electron chi connectivity index (χ1n) is 37.6. The van der Waals surface area contributed by atoms with Crippen molar-refractivity contribution in [3.05, 3.63) is 59.7 Å². The zero-order valence-corrected chi connectivity index (χ0v) is 63.5. The molecule has 0 heterocycles. The average molecular weight is 1540 g/mol. The van der Waals surface area contributed by atoms with Crippen molar-refractivity contribution in [2.45, 2.75) is 12.3 Å². The van der Waals surface area contributed by atoms with Crippen LogP contribution in [0.25, 0.3) is 11.1 Å². The van der Waals surface area contributed by atoms with Gasteiger partial charge in [-0.3, -0.25) is 0 Å². The first-order chi connectivity index (χ1) is 53.2. The van der Waals surface area contributed by atoms with E-state index >= 15 is 0 Å². The second-order valence-electron chi connectivity index (χ2n) is 22.5. The minimum absolute atomic E-state index is 0.0246. The molecule has 0 fully saturated rings. The van der Waals surface area contributed by atoms with Crippen molar-refractivity contribution in [2.75, 3.05) is 383 Å². The second-order valence-corrected chi connectivity index (χ2v) is 22.5. The number of amides is 1. The highest BCUT2D eigenvalue weighted by Gasteiger charge is 2.29. The molecule has 0 atom stereocenters. The number of carbonyl (C=O) groups excluding carboxylic acids is 2. The van der Waals surface area contributed by atoms with Gasteiger partial charge in [0.15, 0.2) is 0 Å². The number of fused-ring (bicyclic) bond motifs is 3. The molecule has 2 aromatic carbocycles. The number of hydrogen-bond acceptors (Lipinski definition) is 32. The van der Waals surface area contributed by atoms with E-state index < -0.39 is 12.1 Å². The number of rotatable bonds is 89. The number of alkyl carbamates (subject to hydrolysis) is 1. The molecular weight excluding hydrogens is 1410 g/mol. The van der Waals surface area contributed by atoms with Gasteiger partial charge < -0.3 is 153 Å². The molecule has 107 heavy (non-hydrogen) atoms. The number of aliphatic carboxylic acids is 1. The van der Waals surface area contributed by atoms with E-state index in [4.69, 9.17) is 137 Å². The monoisotopic (exact) mass is 1540 g/mol. The maximum absolute atomic E-state index is 12.3. The summed E-state index contributed by atoms with van der Waals surface area (Å²) in [6, 6.07) is 16.5. The van der Waals surface area contributed by atoms with E-state index in [1.807, 2.05) is 24.3 Å². The maximum Gasteiger partial charge on any atom is 0.407 e. The molecule has 33 heteroatoms. The molecule has 0 bridgehead atoms. The summed E-state index contributed by atoms with van der Waals surface area (Å²) in [4.78, 5) is 22.6. The number of nitrogens with one attached hydrogen (secondary N) is 1. The number of hydrogen-bond donors (Lipinski definition) is 1. The lowest BCUT2D eigenvalue weighted by molar-refractivity contribution is -0.306. The first-order valence-corrected chi connectivity index (χ1v) is 37.6. The smallest absolute Gasteiger partial charge is 0.407 e. The van der Waals surface area contributed by atoms with Crippen molar-refractivity contribution in [2.24, 2.45) is 0 Å². The van der Waals surface area contributed by atoms with Crippen LogP contribution < -0.4 is 10.4 Å². The Balaban J connectivity index is 0.836. The standard InChI is InChI=1S/C74H129NO32/c76-73(77)9-11-79-13-15-81-17-19-83-21-23-85-25-27-87-29-31-89-33-35-91-37-39-93-41-43-95-45-47-97-49-51-99-53-55-101-57-59-103-61-63-105-65-66-106-64-62-104-60-58-102-56-54-100-52-50-98-48-46-96-44-42-94-40-38-92-36-34-90-32-30-88-28-26-86-24-22-84-20-18-82-16-14-80-12-10-75-74(78)107-67-72-70-7-3-1-5-68(70)69-6-2-4-8-71(69)72/h1-8,72H,9-67H2,(H,75,78)(H,76,77)/p-1. The van der Waals surface area contributed by atoms with Gasteiger partial charge in [-0.25, -0.2) is 4.79 Å². The lowest BCUT2D eigenvalue weighted by Gasteiger charge is -2.14. The third-order valence-electron chi connectivity index (χ3n) is 14.4. The molecule has 622 valence electrons. The van der Waals surface area contributed by atoms with Gasteiger partial charge in [-0.05, 0) is 22.3 Å². The van der Waals surface area contributed by atoms with E-state index in [9.17, 15) is 14.7 Å². The predicted octanol–water partition coefficient (Wildman–Crippen LogP) is 2.13. The largest absolute Gasteiger partial charge is 0.550 e. The number of ether oxygens (including phenoxy) is 29. The Hall–Kier alpha value is -3.94. The van der Waals surface area contributed by atoms with Crippen LogP contribution in [-0.4, -0.2) is 395 Å². The van der Waals surface area contributed by atoms with Gasteiger partial charge in [0.2, 0.25) is 0 Å². The summed E-state index contributed by atoms with van der Waals surface area (Å²) < 4.78 is 160. The maximum atomic E-state index is 12.3. The van der Waals surface area contributed by atoms with Crippen molar-refractivity contribution in [1.82, 2.24) is 5.32 Å². The fraction of sp³-hybridized carbons (Fsp3) is 0.811. The van der Waals surface area contributed by atoms with E-state index in [2.05, 4.69) is 29.6 Å². The van der Waals surface area contributed by atoms with Crippen LogP contribution >= 0.6 is 0 Å². The van der Waals surface area contributed by atoms with Crippen LogP contribution in [0.15, 0.2) is 48.5 Å². The zero-order chi connectivity index (χ0) is 75.6. The third kappa shape index (κ3) is 65.3. The van der Waals surface area contributed by atoms with Crippen LogP contribution in [0.2, 0.25) is 0 Å². The minimum Gasteiger partial charge on any atom is -0.550 e. The number of carboxylic acid groups (broad SMARTS) is 1. The molecule has 0 radical (unpaired) electrons. The average Bonchev–Trinajstić information content (AvgIpc) is 1.62. The van der Waals surface area contributed by atoms with Gasteiger partial charge in [-0.15, -0.1) is 0 Å². The van der Waals surface area contributed by atoms with Crippen molar-refractivity contribution in [1.29, 1.82) is 0 Å². The number of carboxylic acids is 1. The van der Waals surface area contributed by atoms with Gasteiger partial charge in [0.05, 0.1) is 370 Å². The first kappa shape index (κ1) is 97.3. The fourth-order valence-corrected chi connectivity index (χ4v) is 9.07. The molecule has 3 rings (SSSR count). The van der Waals surface area contributed by atoms with E-state index in [1.54, 1.807) is 0 Å². The van der Waals surface area contributed by atoms with Crippen molar-refractivity contribution < 1.29 is 152 Å². The Bertz CT molecular complexity index is 2140. The zero-order valence-electron chi connectivity index (χ0n) is 63.5. The minimum atomic E-state index is -1.13. The van der Waals surface area contributed by atoms with Gasteiger partial charge in [0.25, 0.3) is 0 Å². The molecule has 0 spiro atoms. The van der Waals surface area contributed by atoms with Crippen LogP contribution in [0.4, 0.5) is 4.79 Å². The van der Waals surface area contributed by atoms with E-state index in [1.165, 1.54) is 22.3 Å². The number of benzene rings is 2. The predicted molar refractivity (Wildman–Crippen MR) is 386 cm³/mol. The van der Waals surface area contributed by atoms with Crippen LogP contribution in [0.1, 0.15) is 23.5 Å². The highest BCUT2D eigenvalue weighted by molar-refractivity contribution is 5.79. The third-order valence-corrected chi connectivity index (χ3v) is 14.4. The molecule has 0 aliphatic heterocycles. The summed E-state index contributed by atoms with van der Waals surface area (Å²) in [5.74, 6) is -1.11. The number of carbonyl (C=O) groups is 2. The van der Waals surface area contributed by atoms with Crippen molar-refractivity contribution >= 4 is 12.1 Å². The van der Waals surface area contributed by atoms with Crippen LogP contribution in [-0.2, 0) is 142 Å². The topological polar surface area (TPSA) is 337 Å². The summed E-state index contributed by atoms with van der Waals surface area (Å²) in [7, 11) is 0. The second kappa shape index (κ2) is 80.1. The highest BCUT2D eigenvalue weighted by Crippen LogP contribution is 2.44. The summed E-state index contributed by atoms with van der Waals surface area (Å²) >= 11 is 0. The van der Waals surface area contributed by atoms with Gasteiger partial charge in [-0.1, -0.05) is 48.5 Å². The Labute approximate surface area is 633 Å². The molecule has 2 aromatic rings. The van der Waals surface area contributed by atoms with Gasteiger partial charge in [-0.2, -0.15) is 0 Å². The molecule has 0 saturated heterocycles. The van der Waals surface area contributed by atoms with Crippen LogP contribution in [0, 0.1) is 0 Å². The Morgan fingerprint density at radius 2 is 0.393 bits per heavy atom. The van der Waals surface area contributed by atoms with Crippen molar-refractivity contribution in [3.8, 4) is 11.1 Å². The normalized spacial score (nSPS) is 12.1. The van der Waals surface area contributed by atoms with Crippen LogP contribution in [0.3, 0.4) is 0 Å². The lowest BCUT2D eigenvalue weighted by Crippen LogP contribution is -2.29. The van der Waals surface area contributed by atoms with Crippen molar-refractivity contribution in [3.63, 3.8) is 0 Å². The molecule has 1 aliphatic rings. The van der Waals surface area contributed by atoms with Gasteiger partial charge in [0, 0.05) is 24.9 Å². The quantitative estimate of drug-likeness (QED) is 0.0927. The summed E-state index contributed by atoms with van der Waals surface area (Å²) in [6.45, 7) is 26.1. The Kier molecular flexibility index (Phi) is 72.8. The summed E-state index contributed by atoms with van der Waals surface area (Å²) in [6.07, 6.45) is -0.584.